The van der Waals surface area contributed by atoms with Crippen LogP contribution in [0.15, 0.2) is 71.1 Å². The maximum Gasteiger partial charge on any atom is 0.289 e. The molecule has 1 aliphatic heterocycles. The minimum atomic E-state index is -0.296. The Morgan fingerprint density at radius 2 is 1.59 bits per heavy atom. The lowest BCUT2D eigenvalue weighted by Gasteiger charge is -2.34. The van der Waals surface area contributed by atoms with E-state index in [1.807, 2.05) is 23.1 Å². The van der Waals surface area contributed by atoms with E-state index in [9.17, 15) is 9.18 Å². The molecule has 4 rings (SSSR count). The molecule has 0 N–H and O–H groups in total. The van der Waals surface area contributed by atoms with Crippen molar-refractivity contribution in [2.45, 2.75) is 6.54 Å². The van der Waals surface area contributed by atoms with Gasteiger partial charge in [0.25, 0.3) is 5.91 Å². The first-order valence-electron chi connectivity index (χ1n) is 9.10. The van der Waals surface area contributed by atoms with Crippen LogP contribution in [-0.2, 0) is 6.54 Å². The first kappa shape index (κ1) is 17.5. The number of furan rings is 1. The second-order valence-electron chi connectivity index (χ2n) is 6.72. The van der Waals surface area contributed by atoms with Gasteiger partial charge in [-0.25, -0.2) is 4.39 Å². The van der Waals surface area contributed by atoms with Crippen molar-refractivity contribution >= 4 is 5.91 Å². The van der Waals surface area contributed by atoms with E-state index in [2.05, 4.69) is 17.0 Å². The molecule has 2 heterocycles. The van der Waals surface area contributed by atoms with E-state index in [1.165, 1.54) is 17.7 Å². The molecule has 2 aromatic carbocycles. The van der Waals surface area contributed by atoms with Crippen LogP contribution in [0.1, 0.15) is 16.1 Å². The van der Waals surface area contributed by atoms with Crippen molar-refractivity contribution in [3.8, 4) is 11.3 Å². The molecular weight excluding hydrogens is 343 g/mol. The molecule has 3 aromatic rings. The zero-order valence-corrected chi connectivity index (χ0v) is 15.0. The summed E-state index contributed by atoms with van der Waals surface area (Å²) in [6, 6.07) is 19.9. The van der Waals surface area contributed by atoms with Crippen LogP contribution in [0.3, 0.4) is 0 Å². The van der Waals surface area contributed by atoms with Gasteiger partial charge in [0.05, 0.1) is 0 Å². The Morgan fingerprint density at radius 1 is 0.889 bits per heavy atom. The minimum Gasteiger partial charge on any atom is -0.451 e. The van der Waals surface area contributed by atoms with Crippen molar-refractivity contribution < 1.29 is 13.6 Å². The Morgan fingerprint density at radius 3 is 2.30 bits per heavy atom. The molecule has 1 aromatic heterocycles. The van der Waals surface area contributed by atoms with Crippen LogP contribution in [0.25, 0.3) is 11.3 Å². The molecule has 4 nitrogen and oxygen atoms in total. The SMILES string of the molecule is O=C(c1ccc(-c2ccc(F)cc2)o1)N1CCN(Cc2ccccc2)CC1. The summed E-state index contributed by atoms with van der Waals surface area (Å²) in [5, 5.41) is 0. The number of amides is 1. The van der Waals surface area contributed by atoms with E-state index in [1.54, 1.807) is 24.3 Å². The van der Waals surface area contributed by atoms with Crippen molar-refractivity contribution in [1.29, 1.82) is 0 Å². The Balaban J connectivity index is 1.36. The highest BCUT2D eigenvalue weighted by atomic mass is 19.1. The normalized spacial score (nSPS) is 15.1. The maximum atomic E-state index is 13.1. The molecule has 0 unspecified atom stereocenters. The standard InChI is InChI=1S/C22H21FN2O2/c23-19-8-6-18(7-9-19)20-10-11-21(27-20)22(26)25-14-12-24(13-15-25)16-17-4-2-1-3-5-17/h1-11H,12-16H2. The van der Waals surface area contributed by atoms with Gasteiger partial charge in [-0.15, -0.1) is 0 Å². The van der Waals surface area contributed by atoms with Gasteiger partial charge in [0.1, 0.15) is 11.6 Å². The number of piperazine rings is 1. The average Bonchev–Trinajstić information content (AvgIpc) is 3.20. The molecule has 27 heavy (non-hydrogen) atoms. The third-order valence-corrected chi connectivity index (χ3v) is 4.85. The molecule has 0 radical (unpaired) electrons. The van der Waals surface area contributed by atoms with Gasteiger partial charge >= 0.3 is 0 Å². The second-order valence-corrected chi connectivity index (χ2v) is 6.72. The Kier molecular flexibility index (Phi) is 5.03. The fraction of sp³-hybridized carbons (Fsp3) is 0.227. The van der Waals surface area contributed by atoms with Crippen molar-refractivity contribution in [2.24, 2.45) is 0 Å². The van der Waals surface area contributed by atoms with Crippen LogP contribution < -0.4 is 0 Å². The lowest BCUT2D eigenvalue weighted by molar-refractivity contribution is 0.0598. The molecule has 138 valence electrons. The van der Waals surface area contributed by atoms with E-state index < -0.39 is 0 Å². The van der Waals surface area contributed by atoms with E-state index >= 15 is 0 Å². The van der Waals surface area contributed by atoms with Gasteiger partial charge in [0, 0.05) is 38.3 Å². The molecule has 0 spiro atoms. The van der Waals surface area contributed by atoms with Gasteiger partial charge in [-0.2, -0.15) is 0 Å². The molecule has 0 bridgehead atoms. The Hall–Kier alpha value is -2.92. The quantitative estimate of drug-likeness (QED) is 0.701. The van der Waals surface area contributed by atoms with E-state index in [4.69, 9.17) is 4.42 Å². The molecule has 1 fully saturated rings. The number of hydrogen-bond donors (Lipinski definition) is 0. The predicted octanol–water partition coefficient (Wildman–Crippen LogP) is 4.04. The summed E-state index contributed by atoms with van der Waals surface area (Å²) in [5.41, 5.74) is 2.04. The monoisotopic (exact) mass is 364 g/mol. The van der Waals surface area contributed by atoms with Crippen molar-refractivity contribution in [2.75, 3.05) is 26.2 Å². The number of carbonyl (C=O) groups is 1. The zero-order valence-electron chi connectivity index (χ0n) is 15.0. The van der Waals surface area contributed by atoms with Crippen LogP contribution in [0.2, 0.25) is 0 Å². The number of rotatable bonds is 4. The average molecular weight is 364 g/mol. The summed E-state index contributed by atoms with van der Waals surface area (Å²) >= 11 is 0. The molecule has 5 heteroatoms. The van der Waals surface area contributed by atoms with Gasteiger partial charge in [0.2, 0.25) is 0 Å². The molecule has 1 amide bonds. The van der Waals surface area contributed by atoms with Gasteiger partial charge in [-0.1, -0.05) is 30.3 Å². The number of hydrogen-bond acceptors (Lipinski definition) is 3. The molecule has 1 saturated heterocycles. The van der Waals surface area contributed by atoms with Crippen LogP contribution in [-0.4, -0.2) is 41.9 Å². The minimum absolute atomic E-state index is 0.0947. The highest BCUT2D eigenvalue weighted by Crippen LogP contribution is 2.23. The summed E-state index contributed by atoms with van der Waals surface area (Å²) in [4.78, 5) is 16.9. The van der Waals surface area contributed by atoms with Gasteiger partial charge in [0.15, 0.2) is 5.76 Å². The summed E-state index contributed by atoms with van der Waals surface area (Å²) in [6.45, 7) is 3.94. The lowest BCUT2D eigenvalue weighted by atomic mass is 10.2. The molecule has 0 saturated carbocycles. The van der Waals surface area contributed by atoms with E-state index in [0.29, 0.717) is 24.6 Å². The highest BCUT2D eigenvalue weighted by molar-refractivity contribution is 5.92. The number of benzene rings is 2. The molecule has 0 aliphatic carbocycles. The predicted molar refractivity (Wildman–Crippen MR) is 102 cm³/mol. The molecule has 0 atom stereocenters. The summed E-state index contributed by atoms with van der Waals surface area (Å²) < 4.78 is 18.8. The lowest BCUT2D eigenvalue weighted by Crippen LogP contribution is -2.48. The number of halogens is 1. The van der Waals surface area contributed by atoms with Crippen LogP contribution in [0.5, 0.6) is 0 Å². The maximum absolute atomic E-state index is 13.1. The molecule has 1 aliphatic rings. The number of nitrogens with zero attached hydrogens (tertiary/aromatic N) is 2. The second kappa shape index (κ2) is 7.76. The fourth-order valence-corrected chi connectivity index (χ4v) is 3.33. The zero-order chi connectivity index (χ0) is 18.6. The van der Waals surface area contributed by atoms with Gasteiger partial charge in [-0.3, -0.25) is 9.69 Å². The topological polar surface area (TPSA) is 36.7 Å². The van der Waals surface area contributed by atoms with Gasteiger partial charge < -0.3 is 9.32 Å². The summed E-state index contributed by atoms with van der Waals surface area (Å²) in [5.74, 6) is 0.504. The highest BCUT2D eigenvalue weighted by Gasteiger charge is 2.24. The van der Waals surface area contributed by atoms with Crippen LogP contribution >= 0.6 is 0 Å². The van der Waals surface area contributed by atoms with E-state index in [0.717, 1.165) is 25.2 Å². The van der Waals surface area contributed by atoms with Crippen molar-refractivity contribution in [3.63, 3.8) is 0 Å². The third-order valence-electron chi connectivity index (χ3n) is 4.85. The van der Waals surface area contributed by atoms with Crippen molar-refractivity contribution in [1.82, 2.24) is 9.80 Å². The summed E-state index contributed by atoms with van der Waals surface area (Å²) in [6.07, 6.45) is 0. The number of carbonyl (C=O) groups excluding carboxylic acids is 1. The van der Waals surface area contributed by atoms with E-state index in [-0.39, 0.29) is 11.7 Å². The summed E-state index contributed by atoms with van der Waals surface area (Å²) in [7, 11) is 0. The van der Waals surface area contributed by atoms with Gasteiger partial charge in [-0.05, 0) is 42.0 Å². The smallest absolute Gasteiger partial charge is 0.289 e. The third kappa shape index (κ3) is 4.09. The Bertz CT molecular complexity index is 898. The fourth-order valence-electron chi connectivity index (χ4n) is 3.33. The van der Waals surface area contributed by atoms with Crippen molar-refractivity contribution in [3.05, 3.63) is 83.9 Å². The first-order chi connectivity index (χ1) is 13.2. The van der Waals surface area contributed by atoms with Crippen LogP contribution in [0, 0.1) is 5.82 Å². The largest absolute Gasteiger partial charge is 0.451 e. The first-order valence-corrected chi connectivity index (χ1v) is 9.10. The molecular formula is C22H21FN2O2. The Labute approximate surface area is 157 Å². The van der Waals surface area contributed by atoms with Crippen LogP contribution in [0.4, 0.5) is 4.39 Å².